The molecule has 2 saturated heterocycles. The first-order valence-corrected chi connectivity index (χ1v) is 6.34. The molecule has 17 heavy (non-hydrogen) atoms. The molecule has 0 unspecified atom stereocenters. The summed E-state index contributed by atoms with van der Waals surface area (Å²) in [5, 5.41) is 3.32. The summed E-state index contributed by atoms with van der Waals surface area (Å²) in [7, 11) is 0. The summed E-state index contributed by atoms with van der Waals surface area (Å²) in [6, 6.07) is 10.2. The molecule has 2 heterocycles. The standard InChI is InChI=1S/C14H18N2O/c17-13-14(6-8-15-9-7-14)11-16(13)10-12-4-2-1-3-5-12/h1-5,15H,6-11H2. The van der Waals surface area contributed by atoms with Crippen LogP contribution in [0.2, 0.25) is 0 Å². The Hall–Kier alpha value is -1.35. The Morgan fingerprint density at radius 1 is 1.18 bits per heavy atom. The second-order valence-electron chi connectivity index (χ2n) is 5.18. The van der Waals surface area contributed by atoms with E-state index in [9.17, 15) is 4.79 Å². The zero-order valence-electron chi connectivity index (χ0n) is 9.98. The maximum absolute atomic E-state index is 12.2. The van der Waals surface area contributed by atoms with Crippen LogP contribution in [0, 0.1) is 5.41 Å². The van der Waals surface area contributed by atoms with Gasteiger partial charge in [0.05, 0.1) is 5.41 Å². The fourth-order valence-corrected chi connectivity index (χ4v) is 2.96. The van der Waals surface area contributed by atoms with Crippen molar-refractivity contribution in [1.29, 1.82) is 0 Å². The first-order chi connectivity index (χ1) is 8.30. The van der Waals surface area contributed by atoms with Crippen LogP contribution >= 0.6 is 0 Å². The number of carbonyl (C=O) groups is 1. The lowest BCUT2D eigenvalue weighted by atomic mass is 9.71. The summed E-state index contributed by atoms with van der Waals surface area (Å²) in [4.78, 5) is 14.2. The number of benzene rings is 1. The van der Waals surface area contributed by atoms with E-state index in [-0.39, 0.29) is 5.41 Å². The van der Waals surface area contributed by atoms with Crippen LogP contribution in [0.25, 0.3) is 0 Å². The number of likely N-dealkylation sites (tertiary alicyclic amines) is 1. The molecule has 90 valence electrons. The number of nitrogens with zero attached hydrogens (tertiary/aromatic N) is 1. The van der Waals surface area contributed by atoms with E-state index in [0.29, 0.717) is 5.91 Å². The molecule has 3 heteroatoms. The summed E-state index contributed by atoms with van der Waals surface area (Å²) in [6.45, 7) is 3.70. The van der Waals surface area contributed by atoms with Gasteiger partial charge >= 0.3 is 0 Å². The third-order valence-electron chi connectivity index (χ3n) is 4.01. The molecule has 1 aromatic carbocycles. The lowest BCUT2D eigenvalue weighted by molar-refractivity contribution is -0.164. The van der Waals surface area contributed by atoms with Gasteiger partial charge in [-0.25, -0.2) is 0 Å². The molecule has 0 aliphatic carbocycles. The molecule has 3 rings (SSSR count). The van der Waals surface area contributed by atoms with Crippen molar-refractivity contribution in [1.82, 2.24) is 10.2 Å². The number of rotatable bonds is 2. The van der Waals surface area contributed by atoms with Gasteiger partial charge < -0.3 is 10.2 Å². The highest BCUT2D eigenvalue weighted by Gasteiger charge is 2.51. The molecule has 1 amide bonds. The third kappa shape index (κ3) is 1.84. The van der Waals surface area contributed by atoms with Gasteiger partial charge in [0.1, 0.15) is 0 Å². The zero-order valence-corrected chi connectivity index (χ0v) is 9.98. The van der Waals surface area contributed by atoms with Crippen LogP contribution in [-0.2, 0) is 11.3 Å². The SMILES string of the molecule is O=C1N(Cc2ccccc2)CC12CCNCC2. The van der Waals surface area contributed by atoms with Crippen molar-refractivity contribution < 1.29 is 4.79 Å². The normalized spacial score (nSPS) is 22.6. The Morgan fingerprint density at radius 2 is 1.88 bits per heavy atom. The number of hydrogen-bond donors (Lipinski definition) is 1. The summed E-state index contributed by atoms with van der Waals surface area (Å²) in [6.07, 6.45) is 2.02. The van der Waals surface area contributed by atoms with E-state index >= 15 is 0 Å². The fourth-order valence-electron chi connectivity index (χ4n) is 2.96. The van der Waals surface area contributed by atoms with Gasteiger partial charge in [0.15, 0.2) is 0 Å². The summed E-state index contributed by atoms with van der Waals surface area (Å²) < 4.78 is 0. The predicted molar refractivity (Wildman–Crippen MR) is 66.4 cm³/mol. The second kappa shape index (κ2) is 4.15. The van der Waals surface area contributed by atoms with E-state index in [0.717, 1.165) is 39.0 Å². The minimum absolute atomic E-state index is 0.0139. The number of carbonyl (C=O) groups excluding carboxylic acids is 1. The van der Waals surface area contributed by atoms with Crippen molar-refractivity contribution >= 4 is 5.91 Å². The van der Waals surface area contributed by atoms with Crippen LogP contribution in [0.1, 0.15) is 18.4 Å². The van der Waals surface area contributed by atoms with Crippen LogP contribution in [-0.4, -0.2) is 30.4 Å². The van der Waals surface area contributed by atoms with Crippen molar-refractivity contribution in [3.63, 3.8) is 0 Å². The van der Waals surface area contributed by atoms with E-state index in [4.69, 9.17) is 0 Å². The Balaban J connectivity index is 1.64. The van der Waals surface area contributed by atoms with Crippen molar-refractivity contribution in [3.05, 3.63) is 35.9 Å². The maximum atomic E-state index is 12.2. The Bertz CT molecular complexity index is 409. The van der Waals surface area contributed by atoms with Crippen molar-refractivity contribution in [2.75, 3.05) is 19.6 Å². The average Bonchev–Trinajstić information content (AvgIpc) is 2.40. The van der Waals surface area contributed by atoms with Gasteiger partial charge in [0, 0.05) is 13.1 Å². The van der Waals surface area contributed by atoms with Gasteiger partial charge in [-0.3, -0.25) is 4.79 Å². The highest BCUT2D eigenvalue weighted by Crippen LogP contribution is 2.40. The van der Waals surface area contributed by atoms with Crippen molar-refractivity contribution in [2.24, 2.45) is 5.41 Å². The van der Waals surface area contributed by atoms with E-state index < -0.39 is 0 Å². The number of amides is 1. The van der Waals surface area contributed by atoms with Gasteiger partial charge in [-0.05, 0) is 31.5 Å². The van der Waals surface area contributed by atoms with Crippen LogP contribution in [0.15, 0.2) is 30.3 Å². The monoisotopic (exact) mass is 230 g/mol. The summed E-state index contributed by atoms with van der Waals surface area (Å²) >= 11 is 0. The lowest BCUT2D eigenvalue weighted by Gasteiger charge is -2.51. The molecular weight excluding hydrogens is 212 g/mol. The molecule has 0 aromatic heterocycles. The molecule has 2 aliphatic heterocycles. The summed E-state index contributed by atoms with van der Waals surface area (Å²) in [5.74, 6) is 0.364. The number of piperidine rings is 1. The molecule has 1 aromatic rings. The number of nitrogens with one attached hydrogen (secondary N) is 1. The molecule has 0 radical (unpaired) electrons. The third-order valence-corrected chi connectivity index (χ3v) is 4.01. The van der Waals surface area contributed by atoms with Gasteiger partial charge in [-0.15, -0.1) is 0 Å². The Kier molecular flexibility index (Phi) is 2.63. The first-order valence-electron chi connectivity index (χ1n) is 6.34. The Labute approximate surface area is 102 Å². The van der Waals surface area contributed by atoms with Gasteiger partial charge in [-0.1, -0.05) is 30.3 Å². The zero-order chi connectivity index (χ0) is 11.7. The number of hydrogen-bond acceptors (Lipinski definition) is 2. The van der Waals surface area contributed by atoms with E-state index in [1.54, 1.807) is 0 Å². The molecule has 2 fully saturated rings. The second-order valence-corrected chi connectivity index (χ2v) is 5.18. The molecular formula is C14H18N2O. The average molecular weight is 230 g/mol. The maximum Gasteiger partial charge on any atom is 0.231 e. The molecule has 3 nitrogen and oxygen atoms in total. The Morgan fingerprint density at radius 3 is 2.53 bits per heavy atom. The fraction of sp³-hybridized carbons (Fsp3) is 0.500. The van der Waals surface area contributed by atoms with Crippen molar-refractivity contribution in [3.8, 4) is 0 Å². The lowest BCUT2D eigenvalue weighted by Crippen LogP contribution is -2.63. The summed E-state index contributed by atoms with van der Waals surface area (Å²) in [5.41, 5.74) is 1.21. The van der Waals surface area contributed by atoms with Crippen molar-refractivity contribution in [2.45, 2.75) is 19.4 Å². The molecule has 0 saturated carbocycles. The molecule has 1 spiro atoms. The predicted octanol–water partition coefficient (Wildman–Crippen LogP) is 1.40. The van der Waals surface area contributed by atoms with Gasteiger partial charge in [0.25, 0.3) is 0 Å². The van der Waals surface area contributed by atoms with Crippen LogP contribution in [0.4, 0.5) is 0 Å². The minimum Gasteiger partial charge on any atom is -0.337 e. The molecule has 1 N–H and O–H groups in total. The van der Waals surface area contributed by atoms with Gasteiger partial charge in [-0.2, -0.15) is 0 Å². The van der Waals surface area contributed by atoms with E-state index in [1.165, 1.54) is 5.56 Å². The minimum atomic E-state index is -0.0139. The quantitative estimate of drug-likeness (QED) is 0.779. The topological polar surface area (TPSA) is 32.3 Å². The van der Waals surface area contributed by atoms with Crippen LogP contribution < -0.4 is 5.32 Å². The highest BCUT2D eigenvalue weighted by atomic mass is 16.2. The first kappa shape index (κ1) is 10.8. The highest BCUT2D eigenvalue weighted by molar-refractivity contribution is 5.88. The van der Waals surface area contributed by atoms with Gasteiger partial charge in [0.2, 0.25) is 5.91 Å². The molecule has 0 atom stereocenters. The largest absolute Gasteiger partial charge is 0.337 e. The van der Waals surface area contributed by atoms with Crippen LogP contribution in [0.3, 0.4) is 0 Å². The van der Waals surface area contributed by atoms with E-state index in [1.807, 2.05) is 23.1 Å². The molecule has 2 aliphatic rings. The molecule has 0 bridgehead atoms. The smallest absolute Gasteiger partial charge is 0.231 e. The van der Waals surface area contributed by atoms with E-state index in [2.05, 4.69) is 17.4 Å². The number of β-lactam (4-membered cyclic amide) rings is 1. The van der Waals surface area contributed by atoms with Crippen LogP contribution in [0.5, 0.6) is 0 Å².